The zero-order valence-electron chi connectivity index (χ0n) is 18.6. The molecule has 0 unspecified atom stereocenters. The van der Waals surface area contributed by atoms with Crippen LogP contribution in [0.2, 0.25) is 0 Å². The summed E-state index contributed by atoms with van der Waals surface area (Å²) in [5.74, 6) is -0.850. The monoisotopic (exact) mass is 539 g/mol. The van der Waals surface area contributed by atoms with Gasteiger partial charge in [-0.1, -0.05) is 41.1 Å². The van der Waals surface area contributed by atoms with Crippen LogP contribution in [-0.4, -0.2) is 28.0 Å². The van der Waals surface area contributed by atoms with E-state index in [1.807, 2.05) is 38.1 Å². The number of carbonyl (C=O) groups excluding carboxylic acids is 2. The number of carbonyl (C=O) groups is 2. The summed E-state index contributed by atoms with van der Waals surface area (Å²) >= 11 is 4.89. The van der Waals surface area contributed by atoms with Crippen molar-refractivity contribution >= 4 is 55.0 Å². The largest absolute Gasteiger partial charge is 0.462 e. The maximum atomic E-state index is 13.3. The number of hydrogen-bond donors (Lipinski definition) is 1. The Bertz CT molecular complexity index is 1430. The fourth-order valence-electron chi connectivity index (χ4n) is 3.57. The lowest BCUT2D eigenvalue weighted by Gasteiger charge is -2.09. The van der Waals surface area contributed by atoms with Gasteiger partial charge < -0.3 is 10.1 Å². The average molecular weight is 540 g/mol. The molecule has 0 bridgehead atoms. The summed E-state index contributed by atoms with van der Waals surface area (Å²) in [6.07, 6.45) is 2.12. The van der Waals surface area contributed by atoms with Gasteiger partial charge in [0.05, 0.1) is 23.9 Å². The smallest absolute Gasteiger partial charge is 0.338 e. The van der Waals surface area contributed by atoms with Gasteiger partial charge in [0.2, 0.25) is 5.91 Å². The molecule has 0 radical (unpaired) electrons. The molecule has 2 aromatic heterocycles. The topological polar surface area (TPSA) is 90.3 Å². The van der Waals surface area contributed by atoms with E-state index in [-0.39, 0.29) is 12.1 Å². The van der Waals surface area contributed by atoms with Crippen molar-refractivity contribution in [2.45, 2.75) is 26.8 Å². The van der Waals surface area contributed by atoms with E-state index in [1.54, 1.807) is 24.3 Å². The first kappa shape index (κ1) is 23.8. The van der Waals surface area contributed by atoms with Gasteiger partial charge in [-0.15, -0.1) is 11.3 Å². The molecule has 0 fully saturated rings. The highest BCUT2D eigenvalue weighted by atomic mass is 79.9. The fourth-order valence-corrected chi connectivity index (χ4v) is 4.84. The van der Waals surface area contributed by atoms with Crippen LogP contribution in [-0.2, 0) is 16.1 Å². The lowest BCUT2D eigenvalue weighted by molar-refractivity contribution is -0.116. The van der Waals surface area contributed by atoms with Crippen LogP contribution >= 0.6 is 27.3 Å². The number of ether oxygens (including phenoxy) is 1. The van der Waals surface area contributed by atoms with Gasteiger partial charge in [-0.3, -0.25) is 14.2 Å². The van der Waals surface area contributed by atoms with Crippen molar-refractivity contribution in [1.82, 2.24) is 9.55 Å². The minimum atomic E-state index is -0.447. The second-order valence-corrected chi connectivity index (χ2v) is 9.78. The maximum Gasteiger partial charge on any atom is 0.338 e. The van der Waals surface area contributed by atoms with Crippen LogP contribution < -0.4 is 10.9 Å². The molecular formula is C25H22BrN3O4S. The number of nitrogens with zero attached hydrogens (tertiary/aromatic N) is 2. The predicted octanol–water partition coefficient (Wildman–Crippen LogP) is 5.40. The van der Waals surface area contributed by atoms with Gasteiger partial charge in [-0.05, 0) is 49.2 Å². The molecule has 4 rings (SSSR count). The van der Waals surface area contributed by atoms with E-state index in [4.69, 9.17) is 4.74 Å². The third kappa shape index (κ3) is 5.10. The SMILES string of the molecule is CCCOC(=O)c1cccc(NC(=O)Cn2cnc3sc(C)c(-c4ccc(Br)cc4)c3c2=O)c1. The summed E-state index contributed by atoms with van der Waals surface area (Å²) < 4.78 is 7.38. The van der Waals surface area contributed by atoms with E-state index >= 15 is 0 Å². The Morgan fingerprint density at radius 3 is 2.68 bits per heavy atom. The third-order valence-corrected chi connectivity index (χ3v) is 6.66. The number of fused-ring (bicyclic) bond motifs is 1. The number of benzene rings is 2. The Morgan fingerprint density at radius 2 is 1.94 bits per heavy atom. The third-order valence-electron chi connectivity index (χ3n) is 5.12. The highest BCUT2D eigenvalue weighted by Crippen LogP contribution is 2.35. The number of nitrogens with one attached hydrogen (secondary N) is 1. The average Bonchev–Trinajstić information content (AvgIpc) is 3.16. The lowest BCUT2D eigenvalue weighted by Crippen LogP contribution is -2.27. The summed E-state index contributed by atoms with van der Waals surface area (Å²) in [4.78, 5) is 44.1. The van der Waals surface area contributed by atoms with Crippen molar-refractivity contribution < 1.29 is 14.3 Å². The van der Waals surface area contributed by atoms with E-state index in [0.717, 1.165) is 26.9 Å². The highest BCUT2D eigenvalue weighted by molar-refractivity contribution is 9.10. The number of thiophene rings is 1. The highest BCUT2D eigenvalue weighted by Gasteiger charge is 2.18. The Labute approximate surface area is 208 Å². The van der Waals surface area contributed by atoms with E-state index in [2.05, 4.69) is 26.2 Å². The van der Waals surface area contributed by atoms with Gasteiger partial charge in [0.25, 0.3) is 5.56 Å². The summed E-state index contributed by atoms with van der Waals surface area (Å²) in [5.41, 5.74) is 2.26. The molecule has 0 spiro atoms. The molecule has 0 aliphatic carbocycles. The zero-order chi connectivity index (χ0) is 24.2. The van der Waals surface area contributed by atoms with Crippen LogP contribution in [0.1, 0.15) is 28.6 Å². The molecule has 0 saturated carbocycles. The second kappa shape index (κ2) is 10.3. The van der Waals surface area contributed by atoms with Crippen molar-refractivity contribution in [2.24, 2.45) is 0 Å². The van der Waals surface area contributed by atoms with Crippen molar-refractivity contribution in [3.8, 4) is 11.1 Å². The van der Waals surface area contributed by atoms with E-state index in [1.165, 1.54) is 22.2 Å². The van der Waals surface area contributed by atoms with Crippen molar-refractivity contribution in [3.05, 3.63) is 80.1 Å². The lowest BCUT2D eigenvalue weighted by atomic mass is 10.0. The maximum absolute atomic E-state index is 13.3. The summed E-state index contributed by atoms with van der Waals surface area (Å²) in [7, 11) is 0. The van der Waals surface area contributed by atoms with Gasteiger partial charge in [-0.25, -0.2) is 9.78 Å². The number of esters is 1. The van der Waals surface area contributed by atoms with Gasteiger partial charge in [0.15, 0.2) is 0 Å². The number of halogens is 1. The van der Waals surface area contributed by atoms with Gasteiger partial charge in [-0.2, -0.15) is 0 Å². The summed E-state index contributed by atoms with van der Waals surface area (Å²) in [6, 6.07) is 14.2. The molecule has 2 heterocycles. The number of aryl methyl sites for hydroxylation is 1. The molecule has 2 aromatic carbocycles. The quantitative estimate of drug-likeness (QED) is 0.317. The molecule has 9 heteroatoms. The first-order valence-electron chi connectivity index (χ1n) is 10.7. The van der Waals surface area contributed by atoms with Crippen LogP contribution in [0.5, 0.6) is 0 Å². The second-order valence-electron chi connectivity index (χ2n) is 7.66. The number of anilines is 1. The number of hydrogen-bond acceptors (Lipinski definition) is 6. The Kier molecular flexibility index (Phi) is 7.23. The van der Waals surface area contributed by atoms with Crippen LogP contribution in [0.3, 0.4) is 0 Å². The molecule has 0 aliphatic rings. The van der Waals surface area contributed by atoms with Gasteiger partial charge in [0.1, 0.15) is 11.4 Å². The number of rotatable bonds is 7. The molecular weight excluding hydrogens is 518 g/mol. The van der Waals surface area contributed by atoms with Gasteiger partial charge in [0, 0.05) is 20.6 Å². The molecule has 0 aliphatic heterocycles. The number of amides is 1. The van der Waals surface area contributed by atoms with Crippen LogP contribution in [0.4, 0.5) is 5.69 Å². The first-order chi connectivity index (χ1) is 16.4. The first-order valence-corrected chi connectivity index (χ1v) is 12.3. The van der Waals surface area contributed by atoms with Crippen LogP contribution in [0.25, 0.3) is 21.3 Å². The molecule has 1 N–H and O–H groups in total. The minimum Gasteiger partial charge on any atom is -0.462 e. The van der Waals surface area contributed by atoms with Crippen molar-refractivity contribution in [1.29, 1.82) is 0 Å². The van der Waals surface area contributed by atoms with E-state index < -0.39 is 11.9 Å². The summed E-state index contributed by atoms with van der Waals surface area (Å²) in [6.45, 7) is 4.00. The van der Waals surface area contributed by atoms with Crippen LogP contribution in [0.15, 0.2) is 64.1 Å². The molecule has 0 saturated heterocycles. The standard InChI is InChI=1S/C25H22BrN3O4S/c1-3-11-33-25(32)17-5-4-6-19(12-17)28-20(30)13-29-14-27-23-22(24(29)31)21(15(2)34-23)16-7-9-18(26)10-8-16/h4-10,12,14H,3,11,13H2,1-2H3,(H,28,30). The Morgan fingerprint density at radius 1 is 1.18 bits per heavy atom. The van der Waals surface area contributed by atoms with E-state index in [9.17, 15) is 14.4 Å². The van der Waals surface area contributed by atoms with Crippen molar-refractivity contribution in [3.63, 3.8) is 0 Å². The fraction of sp³-hybridized carbons (Fsp3) is 0.200. The molecule has 1 amide bonds. The predicted molar refractivity (Wildman–Crippen MR) is 137 cm³/mol. The van der Waals surface area contributed by atoms with E-state index in [0.29, 0.717) is 28.1 Å². The Balaban J connectivity index is 1.58. The molecule has 0 atom stereocenters. The zero-order valence-corrected chi connectivity index (χ0v) is 21.0. The molecule has 7 nitrogen and oxygen atoms in total. The Hall–Kier alpha value is -3.30. The molecule has 4 aromatic rings. The normalized spacial score (nSPS) is 10.9. The van der Waals surface area contributed by atoms with Gasteiger partial charge >= 0.3 is 5.97 Å². The van der Waals surface area contributed by atoms with Crippen LogP contribution in [0, 0.1) is 6.92 Å². The molecule has 174 valence electrons. The minimum absolute atomic E-state index is 0.207. The van der Waals surface area contributed by atoms with Crippen molar-refractivity contribution in [2.75, 3.05) is 11.9 Å². The molecule has 34 heavy (non-hydrogen) atoms. The number of aromatic nitrogens is 2. The summed E-state index contributed by atoms with van der Waals surface area (Å²) in [5, 5.41) is 3.24.